The molecule has 4 heterocycles. The van der Waals surface area contributed by atoms with Gasteiger partial charge in [-0.2, -0.15) is 5.10 Å². The lowest BCUT2D eigenvalue weighted by molar-refractivity contribution is 0.0258. The van der Waals surface area contributed by atoms with Crippen LogP contribution in [0.25, 0.3) is 10.9 Å². The van der Waals surface area contributed by atoms with Gasteiger partial charge in [-0.15, -0.1) is 0 Å². The van der Waals surface area contributed by atoms with E-state index in [4.69, 9.17) is 11.6 Å². The Kier molecular flexibility index (Phi) is 2.62. The Bertz CT molecular complexity index is 769. The summed E-state index contributed by atoms with van der Waals surface area (Å²) in [6, 6.07) is 6.25. The predicted molar refractivity (Wildman–Crippen MR) is 84.0 cm³/mol. The first-order valence-electron chi connectivity index (χ1n) is 7.89. The first kappa shape index (κ1) is 12.9. The number of nitrogens with one attached hydrogen (secondary N) is 1. The summed E-state index contributed by atoms with van der Waals surface area (Å²) in [5.74, 6) is 0.750. The number of aromatic nitrogens is 2. The minimum Gasteiger partial charge on any atom is -0.328 e. The minimum atomic E-state index is 0.0765. The van der Waals surface area contributed by atoms with Crippen LogP contribution in [0.15, 0.2) is 18.2 Å². The first-order chi connectivity index (χ1) is 10.7. The van der Waals surface area contributed by atoms with Crippen molar-refractivity contribution in [2.75, 3.05) is 19.6 Å². The zero-order valence-electron chi connectivity index (χ0n) is 12.1. The zero-order chi connectivity index (χ0) is 14.8. The van der Waals surface area contributed by atoms with Crippen molar-refractivity contribution < 1.29 is 4.79 Å². The molecule has 0 saturated carbocycles. The number of halogens is 1. The van der Waals surface area contributed by atoms with Crippen LogP contribution >= 0.6 is 11.6 Å². The van der Waals surface area contributed by atoms with E-state index < -0.39 is 0 Å². The van der Waals surface area contributed by atoms with Gasteiger partial charge in [0.15, 0.2) is 5.69 Å². The SMILES string of the molecule is O=C(c1n[nH]c2cc(Cl)ccc12)N1[C@H]2C[C@@H]3CCN(C2)C[C@@H]31. The van der Waals surface area contributed by atoms with E-state index in [2.05, 4.69) is 20.0 Å². The van der Waals surface area contributed by atoms with Crippen molar-refractivity contribution >= 4 is 28.4 Å². The number of hydrogen-bond donors (Lipinski definition) is 1. The van der Waals surface area contributed by atoms with Gasteiger partial charge in [-0.25, -0.2) is 0 Å². The number of carbonyl (C=O) groups is 1. The maximum absolute atomic E-state index is 13.1. The lowest BCUT2D eigenvalue weighted by Gasteiger charge is -2.44. The van der Waals surface area contributed by atoms with Crippen LogP contribution in [0.2, 0.25) is 5.02 Å². The molecule has 1 aromatic carbocycles. The van der Waals surface area contributed by atoms with Crippen molar-refractivity contribution in [1.82, 2.24) is 20.0 Å². The smallest absolute Gasteiger partial charge is 0.275 e. The Morgan fingerprint density at radius 1 is 1.36 bits per heavy atom. The van der Waals surface area contributed by atoms with Gasteiger partial charge in [0.1, 0.15) is 0 Å². The number of piperidine rings is 1. The van der Waals surface area contributed by atoms with Gasteiger partial charge in [-0.1, -0.05) is 11.6 Å². The standard InChI is InChI=1S/C16H17ClN4O/c17-10-1-2-12-13(6-10)18-19-15(12)16(22)21-11-5-9-3-4-20(7-11)8-14(9)21/h1-2,6,9,11,14H,3-5,7-8H2,(H,18,19)/t9-,11-,14-/m0/s1. The number of hydrogen-bond acceptors (Lipinski definition) is 3. The molecular weight excluding hydrogens is 300 g/mol. The number of benzene rings is 1. The van der Waals surface area contributed by atoms with Crippen LogP contribution in [0.3, 0.4) is 0 Å². The number of aromatic amines is 1. The second-order valence-electron chi connectivity index (χ2n) is 6.74. The first-order valence-corrected chi connectivity index (χ1v) is 8.27. The van der Waals surface area contributed by atoms with Gasteiger partial charge in [-0.05, 0) is 43.5 Å². The molecule has 2 aromatic rings. The molecule has 6 heteroatoms. The fraction of sp³-hybridized carbons (Fsp3) is 0.500. The Hall–Kier alpha value is -1.59. The van der Waals surface area contributed by atoms with Crippen LogP contribution in [-0.2, 0) is 0 Å². The van der Waals surface area contributed by atoms with Crippen molar-refractivity contribution in [1.29, 1.82) is 0 Å². The fourth-order valence-corrected chi connectivity index (χ4v) is 4.76. The number of piperazine rings is 1. The molecule has 114 valence electrons. The quantitative estimate of drug-likeness (QED) is 0.877. The third kappa shape index (κ3) is 1.69. The molecule has 4 atom stereocenters. The van der Waals surface area contributed by atoms with Gasteiger partial charge in [0.2, 0.25) is 0 Å². The molecule has 3 bridgehead atoms. The van der Waals surface area contributed by atoms with E-state index in [-0.39, 0.29) is 5.91 Å². The second kappa shape index (κ2) is 4.46. The average Bonchev–Trinajstić information content (AvgIpc) is 2.95. The Labute approximate surface area is 133 Å². The molecule has 3 aliphatic heterocycles. The number of fused-ring (bicyclic) bond motifs is 3. The molecule has 0 aliphatic carbocycles. The van der Waals surface area contributed by atoms with E-state index in [0.29, 0.717) is 28.7 Å². The highest BCUT2D eigenvalue weighted by Crippen LogP contribution is 2.41. The topological polar surface area (TPSA) is 52.2 Å². The van der Waals surface area contributed by atoms with Gasteiger partial charge >= 0.3 is 0 Å². The summed E-state index contributed by atoms with van der Waals surface area (Å²) in [6.07, 6.45) is 2.38. The molecule has 3 aliphatic rings. The van der Waals surface area contributed by atoms with Crippen LogP contribution in [0.1, 0.15) is 23.3 Å². The maximum atomic E-state index is 13.1. The molecule has 1 aromatic heterocycles. The molecule has 0 spiro atoms. The normalized spacial score (nSPS) is 32.9. The molecule has 1 N–H and O–H groups in total. The summed E-state index contributed by atoms with van der Waals surface area (Å²) < 4.78 is 0. The molecule has 5 nitrogen and oxygen atoms in total. The molecular formula is C16H17ClN4O. The molecule has 5 rings (SSSR count). The Morgan fingerprint density at radius 2 is 2.27 bits per heavy atom. The highest BCUT2D eigenvalue weighted by molar-refractivity contribution is 6.31. The second-order valence-corrected chi connectivity index (χ2v) is 7.18. The number of amides is 1. The van der Waals surface area contributed by atoms with E-state index in [1.807, 2.05) is 18.2 Å². The molecule has 1 amide bonds. The van der Waals surface area contributed by atoms with E-state index in [1.165, 1.54) is 13.0 Å². The number of rotatable bonds is 1. The van der Waals surface area contributed by atoms with Crippen molar-refractivity contribution in [3.8, 4) is 0 Å². The maximum Gasteiger partial charge on any atom is 0.275 e. The van der Waals surface area contributed by atoms with Gasteiger partial charge in [-0.3, -0.25) is 14.8 Å². The van der Waals surface area contributed by atoms with Crippen LogP contribution in [0.4, 0.5) is 0 Å². The summed E-state index contributed by atoms with van der Waals surface area (Å²) >= 11 is 6.01. The summed E-state index contributed by atoms with van der Waals surface area (Å²) in [5.41, 5.74) is 1.36. The highest BCUT2D eigenvalue weighted by Gasteiger charge is 2.51. The summed E-state index contributed by atoms with van der Waals surface area (Å²) in [5, 5.41) is 8.74. The van der Waals surface area contributed by atoms with Crippen molar-refractivity contribution in [2.24, 2.45) is 5.92 Å². The summed E-state index contributed by atoms with van der Waals surface area (Å²) in [4.78, 5) is 17.7. The zero-order valence-corrected chi connectivity index (χ0v) is 12.9. The summed E-state index contributed by atoms with van der Waals surface area (Å²) in [7, 11) is 0. The number of nitrogens with zero attached hydrogens (tertiary/aromatic N) is 3. The molecule has 0 radical (unpaired) electrons. The summed E-state index contributed by atoms with van der Waals surface area (Å²) in [6.45, 7) is 3.25. The third-order valence-electron chi connectivity index (χ3n) is 5.56. The van der Waals surface area contributed by atoms with E-state index in [1.54, 1.807) is 0 Å². The van der Waals surface area contributed by atoms with Crippen molar-refractivity contribution in [2.45, 2.75) is 24.9 Å². The van der Waals surface area contributed by atoms with Crippen LogP contribution in [0.5, 0.6) is 0 Å². The van der Waals surface area contributed by atoms with Crippen LogP contribution in [0, 0.1) is 5.92 Å². The Balaban J connectivity index is 1.54. The van der Waals surface area contributed by atoms with E-state index in [9.17, 15) is 4.79 Å². The van der Waals surface area contributed by atoms with Gasteiger partial charge in [0.25, 0.3) is 5.91 Å². The highest BCUT2D eigenvalue weighted by atomic mass is 35.5. The minimum absolute atomic E-state index is 0.0765. The number of H-pyrrole nitrogens is 1. The lowest BCUT2D eigenvalue weighted by Crippen LogP contribution is -2.58. The molecule has 22 heavy (non-hydrogen) atoms. The third-order valence-corrected chi connectivity index (χ3v) is 5.80. The molecule has 3 fully saturated rings. The van der Waals surface area contributed by atoms with E-state index >= 15 is 0 Å². The van der Waals surface area contributed by atoms with Gasteiger partial charge in [0, 0.05) is 35.6 Å². The van der Waals surface area contributed by atoms with Crippen molar-refractivity contribution in [3.05, 3.63) is 28.9 Å². The van der Waals surface area contributed by atoms with Crippen molar-refractivity contribution in [3.63, 3.8) is 0 Å². The van der Waals surface area contributed by atoms with Crippen LogP contribution < -0.4 is 0 Å². The van der Waals surface area contributed by atoms with Gasteiger partial charge < -0.3 is 4.90 Å². The molecule has 1 unspecified atom stereocenters. The van der Waals surface area contributed by atoms with Gasteiger partial charge in [0.05, 0.1) is 5.52 Å². The average molecular weight is 317 g/mol. The number of carbonyl (C=O) groups excluding carboxylic acids is 1. The monoisotopic (exact) mass is 316 g/mol. The molecule has 3 saturated heterocycles. The lowest BCUT2D eigenvalue weighted by atomic mass is 9.93. The van der Waals surface area contributed by atoms with Crippen LogP contribution in [-0.4, -0.2) is 57.6 Å². The largest absolute Gasteiger partial charge is 0.328 e. The predicted octanol–water partition coefficient (Wildman–Crippen LogP) is 2.13. The van der Waals surface area contributed by atoms with E-state index in [0.717, 1.165) is 30.4 Å². The Morgan fingerprint density at radius 3 is 3.18 bits per heavy atom. The fourth-order valence-electron chi connectivity index (χ4n) is 4.59.